The predicted molar refractivity (Wildman–Crippen MR) is 106 cm³/mol. The molecule has 0 spiro atoms. The van der Waals surface area contributed by atoms with E-state index in [0.717, 1.165) is 22.5 Å². The highest BCUT2D eigenvalue weighted by molar-refractivity contribution is 5.94. The van der Waals surface area contributed by atoms with Crippen molar-refractivity contribution in [2.45, 2.75) is 33.4 Å². The quantitative estimate of drug-likeness (QED) is 0.660. The molecule has 3 aromatic rings. The number of aromatic nitrogens is 3. The third-order valence-electron chi connectivity index (χ3n) is 4.43. The van der Waals surface area contributed by atoms with Crippen LogP contribution in [0.2, 0.25) is 0 Å². The number of benzene rings is 1. The summed E-state index contributed by atoms with van der Waals surface area (Å²) < 4.78 is 1.77. The number of nitrogens with one attached hydrogen (secondary N) is 1. The molecule has 0 saturated heterocycles. The highest BCUT2D eigenvalue weighted by Crippen LogP contribution is 2.19. The van der Waals surface area contributed by atoms with E-state index < -0.39 is 5.91 Å². The Morgan fingerprint density at radius 1 is 1.07 bits per heavy atom. The standard InChI is InChI=1S/C21H23N5O2/c1-14-9-11-26(25-14)12-10-20(27)23-13-16-3-5-17(6-4-16)19-8-7-18(21(22)28)15(2)24-19/h3-9,11H,10,12-13H2,1-2H3,(H2,22,28)(H,23,27). The number of rotatable bonds is 7. The topological polar surface area (TPSA) is 103 Å². The van der Waals surface area contributed by atoms with Gasteiger partial charge in [0.05, 0.1) is 22.6 Å². The van der Waals surface area contributed by atoms with Crippen molar-refractivity contribution in [3.63, 3.8) is 0 Å². The zero-order valence-electron chi connectivity index (χ0n) is 16.0. The summed E-state index contributed by atoms with van der Waals surface area (Å²) in [6, 6.07) is 13.2. The largest absolute Gasteiger partial charge is 0.366 e. The summed E-state index contributed by atoms with van der Waals surface area (Å²) in [6.07, 6.45) is 2.25. The van der Waals surface area contributed by atoms with Crippen molar-refractivity contribution in [3.8, 4) is 11.3 Å². The molecule has 0 aliphatic heterocycles. The maximum absolute atomic E-state index is 12.0. The summed E-state index contributed by atoms with van der Waals surface area (Å²) in [5, 5.41) is 7.18. The Labute approximate surface area is 163 Å². The zero-order chi connectivity index (χ0) is 20.1. The van der Waals surface area contributed by atoms with E-state index in [-0.39, 0.29) is 5.91 Å². The molecule has 0 atom stereocenters. The molecule has 2 heterocycles. The molecular weight excluding hydrogens is 354 g/mol. The normalized spacial score (nSPS) is 10.6. The van der Waals surface area contributed by atoms with Crippen LogP contribution < -0.4 is 11.1 Å². The van der Waals surface area contributed by atoms with Gasteiger partial charge in [0.15, 0.2) is 0 Å². The van der Waals surface area contributed by atoms with Crippen LogP contribution in [0.25, 0.3) is 11.3 Å². The number of amides is 2. The number of pyridine rings is 1. The van der Waals surface area contributed by atoms with E-state index in [9.17, 15) is 9.59 Å². The molecule has 144 valence electrons. The average molecular weight is 377 g/mol. The molecule has 3 N–H and O–H groups in total. The number of primary amides is 1. The van der Waals surface area contributed by atoms with Crippen molar-refractivity contribution in [3.05, 3.63) is 71.2 Å². The molecular formula is C21H23N5O2. The zero-order valence-corrected chi connectivity index (χ0v) is 16.0. The third kappa shape index (κ3) is 4.82. The minimum absolute atomic E-state index is 0.0171. The Morgan fingerprint density at radius 2 is 1.82 bits per heavy atom. The van der Waals surface area contributed by atoms with Crippen molar-refractivity contribution in [2.24, 2.45) is 5.73 Å². The second-order valence-electron chi connectivity index (χ2n) is 6.64. The van der Waals surface area contributed by atoms with Crippen molar-refractivity contribution in [1.29, 1.82) is 0 Å². The Balaban J connectivity index is 1.55. The van der Waals surface area contributed by atoms with E-state index in [2.05, 4.69) is 15.4 Å². The molecule has 0 bridgehead atoms. The molecule has 2 aromatic heterocycles. The molecule has 0 fully saturated rings. The lowest BCUT2D eigenvalue weighted by atomic mass is 10.1. The molecule has 0 radical (unpaired) electrons. The number of carbonyl (C=O) groups is 2. The number of aryl methyl sites for hydroxylation is 3. The first kappa shape index (κ1) is 19.3. The maximum Gasteiger partial charge on any atom is 0.250 e. The van der Waals surface area contributed by atoms with Gasteiger partial charge < -0.3 is 11.1 Å². The Bertz CT molecular complexity index is 992. The average Bonchev–Trinajstić information content (AvgIpc) is 3.10. The second-order valence-corrected chi connectivity index (χ2v) is 6.64. The third-order valence-corrected chi connectivity index (χ3v) is 4.43. The Kier molecular flexibility index (Phi) is 5.84. The molecule has 0 unspecified atom stereocenters. The predicted octanol–water partition coefficient (Wildman–Crippen LogP) is 2.37. The van der Waals surface area contributed by atoms with Gasteiger partial charge in [-0.1, -0.05) is 24.3 Å². The van der Waals surface area contributed by atoms with E-state index >= 15 is 0 Å². The van der Waals surface area contributed by atoms with Crippen LogP contribution in [0.5, 0.6) is 0 Å². The molecule has 1 aromatic carbocycles. The van der Waals surface area contributed by atoms with E-state index in [1.807, 2.05) is 43.5 Å². The van der Waals surface area contributed by atoms with E-state index in [0.29, 0.717) is 30.8 Å². The van der Waals surface area contributed by atoms with Gasteiger partial charge in [0, 0.05) is 31.3 Å². The number of hydrogen-bond donors (Lipinski definition) is 2. The summed E-state index contributed by atoms with van der Waals surface area (Å²) in [5.74, 6) is -0.498. The minimum atomic E-state index is -0.481. The van der Waals surface area contributed by atoms with Crippen LogP contribution in [0, 0.1) is 13.8 Å². The fourth-order valence-electron chi connectivity index (χ4n) is 2.87. The first-order valence-electron chi connectivity index (χ1n) is 9.06. The lowest BCUT2D eigenvalue weighted by molar-refractivity contribution is -0.121. The second kappa shape index (κ2) is 8.47. The van der Waals surface area contributed by atoms with Crippen LogP contribution in [0.3, 0.4) is 0 Å². The van der Waals surface area contributed by atoms with E-state index in [1.54, 1.807) is 23.7 Å². The van der Waals surface area contributed by atoms with Gasteiger partial charge in [0.1, 0.15) is 0 Å². The van der Waals surface area contributed by atoms with Crippen LogP contribution in [-0.4, -0.2) is 26.6 Å². The van der Waals surface area contributed by atoms with Crippen molar-refractivity contribution < 1.29 is 9.59 Å². The lowest BCUT2D eigenvalue weighted by Crippen LogP contribution is -2.24. The molecule has 7 nitrogen and oxygen atoms in total. The van der Waals surface area contributed by atoms with Crippen LogP contribution in [0.15, 0.2) is 48.7 Å². The van der Waals surface area contributed by atoms with Crippen LogP contribution in [0.1, 0.15) is 33.7 Å². The van der Waals surface area contributed by atoms with Gasteiger partial charge in [-0.2, -0.15) is 5.10 Å². The molecule has 2 amide bonds. The highest BCUT2D eigenvalue weighted by Gasteiger charge is 2.08. The van der Waals surface area contributed by atoms with Gasteiger partial charge in [-0.3, -0.25) is 19.3 Å². The SMILES string of the molecule is Cc1ccn(CCC(=O)NCc2ccc(-c3ccc(C(N)=O)c(C)n3)cc2)n1. The van der Waals surface area contributed by atoms with Crippen LogP contribution in [-0.2, 0) is 17.9 Å². The monoisotopic (exact) mass is 377 g/mol. The summed E-state index contributed by atoms with van der Waals surface area (Å²) in [4.78, 5) is 27.8. The molecule has 3 rings (SSSR count). The van der Waals surface area contributed by atoms with Gasteiger partial charge in [0.2, 0.25) is 5.91 Å². The summed E-state index contributed by atoms with van der Waals surface area (Å²) in [6.45, 7) is 4.70. The highest BCUT2D eigenvalue weighted by atomic mass is 16.1. The van der Waals surface area contributed by atoms with E-state index in [4.69, 9.17) is 5.73 Å². The fourth-order valence-corrected chi connectivity index (χ4v) is 2.87. The van der Waals surface area contributed by atoms with Gasteiger partial charge >= 0.3 is 0 Å². The van der Waals surface area contributed by atoms with Crippen LogP contribution >= 0.6 is 0 Å². The number of carbonyl (C=O) groups excluding carboxylic acids is 2. The molecule has 0 saturated carbocycles. The van der Waals surface area contributed by atoms with Gasteiger partial charge in [0.25, 0.3) is 5.91 Å². The number of nitrogens with zero attached hydrogens (tertiary/aromatic N) is 3. The fraction of sp³-hybridized carbons (Fsp3) is 0.238. The van der Waals surface area contributed by atoms with Crippen molar-refractivity contribution in [1.82, 2.24) is 20.1 Å². The number of nitrogens with two attached hydrogens (primary N) is 1. The van der Waals surface area contributed by atoms with Crippen LogP contribution in [0.4, 0.5) is 0 Å². The van der Waals surface area contributed by atoms with Crippen molar-refractivity contribution in [2.75, 3.05) is 0 Å². The maximum atomic E-state index is 12.0. The van der Waals surface area contributed by atoms with Gasteiger partial charge in [-0.25, -0.2) is 0 Å². The summed E-state index contributed by atoms with van der Waals surface area (Å²) in [5.41, 5.74) is 9.99. The first-order valence-corrected chi connectivity index (χ1v) is 9.06. The van der Waals surface area contributed by atoms with Gasteiger partial charge in [-0.15, -0.1) is 0 Å². The summed E-state index contributed by atoms with van der Waals surface area (Å²) in [7, 11) is 0. The summed E-state index contributed by atoms with van der Waals surface area (Å²) >= 11 is 0. The molecule has 7 heteroatoms. The Hall–Kier alpha value is -3.48. The Morgan fingerprint density at radius 3 is 2.43 bits per heavy atom. The number of hydrogen-bond acceptors (Lipinski definition) is 4. The smallest absolute Gasteiger partial charge is 0.250 e. The molecule has 28 heavy (non-hydrogen) atoms. The lowest BCUT2D eigenvalue weighted by Gasteiger charge is -2.08. The first-order chi connectivity index (χ1) is 13.4. The van der Waals surface area contributed by atoms with Crippen molar-refractivity contribution >= 4 is 11.8 Å². The van der Waals surface area contributed by atoms with Gasteiger partial charge in [-0.05, 0) is 37.6 Å². The van der Waals surface area contributed by atoms with E-state index in [1.165, 1.54) is 0 Å². The minimum Gasteiger partial charge on any atom is -0.366 e. The molecule has 0 aliphatic rings. The molecule has 0 aliphatic carbocycles.